The van der Waals surface area contributed by atoms with Gasteiger partial charge in [-0.1, -0.05) is 26.2 Å². The van der Waals surface area contributed by atoms with Crippen molar-refractivity contribution in [1.82, 2.24) is 9.97 Å². The van der Waals surface area contributed by atoms with E-state index < -0.39 is 0 Å². The van der Waals surface area contributed by atoms with E-state index >= 15 is 0 Å². The predicted molar refractivity (Wildman–Crippen MR) is 79.0 cm³/mol. The smallest absolute Gasteiger partial charge is 0.133 e. The summed E-state index contributed by atoms with van der Waals surface area (Å²) in [5.41, 5.74) is 0. The first-order valence-corrected chi connectivity index (χ1v) is 7.76. The van der Waals surface area contributed by atoms with Crippen LogP contribution in [0.1, 0.15) is 51.3 Å². The number of nitrogens with zero attached hydrogens (tertiary/aromatic N) is 3. The number of aromatic nitrogens is 2. The van der Waals surface area contributed by atoms with Gasteiger partial charge in [-0.25, -0.2) is 9.97 Å². The van der Waals surface area contributed by atoms with E-state index in [2.05, 4.69) is 44.8 Å². The Morgan fingerprint density at radius 1 is 1.28 bits per heavy atom. The van der Waals surface area contributed by atoms with Crippen LogP contribution in [0.4, 0.5) is 5.82 Å². The van der Waals surface area contributed by atoms with Crippen molar-refractivity contribution >= 4 is 21.7 Å². The molecule has 1 aliphatic rings. The van der Waals surface area contributed by atoms with Gasteiger partial charge in [0, 0.05) is 25.6 Å². The molecule has 100 valence electrons. The largest absolute Gasteiger partial charge is 0.357 e. The highest BCUT2D eigenvalue weighted by Gasteiger charge is 2.19. The summed E-state index contributed by atoms with van der Waals surface area (Å²) in [4.78, 5) is 11.5. The minimum absolute atomic E-state index is 0.648. The lowest BCUT2D eigenvalue weighted by Gasteiger charge is -2.32. The van der Waals surface area contributed by atoms with Crippen LogP contribution in [-0.2, 0) is 6.42 Å². The lowest BCUT2D eigenvalue weighted by molar-refractivity contribution is 0.425. The van der Waals surface area contributed by atoms with Crippen molar-refractivity contribution in [3.8, 4) is 0 Å². The molecule has 0 bridgehead atoms. The molecule has 2 rings (SSSR count). The second-order valence-corrected chi connectivity index (χ2v) is 5.93. The average molecular weight is 312 g/mol. The van der Waals surface area contributed by atoms with Crippen molar-refractivity contribution in [2.24, 2.45) is 0 Å². The van der Waals surface area contributed by atoms with Crippen molar-refractivity contribution in [2.45, 2.75) is 57.9 Å². The van der Waals surface area contributed by atoms with E-state index in [1.165, 1.54) is 32.1 Å². The monoisotopic (exact) mass is 311 g/mol. The first kappa shape index (κ1) is 13.8. The molecule has 1 saturated carbocycles. The normalized spacial score (nSPS) is 16.8. The standard InChI is InChI=1S/C14H22BrN3/c1-3-7-13-16-12(15)10-14(17-13)18(2)11-8-5-4-6-9-11/h10-11H,3-9H2,1-2H3. The van der Waals surface area contributed by atoms with E-state index in [1.807, 2.05) is 6.07 Å². The molecule has 0 radical (unpaired) electrons. The van der Waals surface area contributed by atoms with Crippen molar-refractivity contribution in [2.75, 3.05) is 11.9 Å². The minimum atomic E-state index is 0.648. The Hall–Kier alpha value is -0.640. The van der Waals surface area contributed by atoms with Gasteiger partial charge in [0.25, 0.3) is 0 Å². The molecular formula is C14H22BrN3. The molecule has 4 heteroatoms. The molecule has 0 N–H and O–H groups in total. The van der Waals surface area contributed by atoms with Gasteiger partial charge in [-0.15, -0.1) is 0 Å². The Bertz CT molecular complexity index is 389. The van der Waals surface area contributed by atoms with Crippen molar-refractivity contribution in [1.29, 1.82) is 0 Å². The number of rotatable bonds is 4. The molecule has 1 aromatic heterocycles. The lowest BCUT2D eigenvalue weighted by Crippen LogP contribution is -2.34. The third-order valence-electron chi connectivity index (χ3n) is 3.69. The molecule has 1 aliphatic carbocycles. The molecule has 18 heavy (non-hydrogen) atoms. The number of halogens is 1. The van der Waals surface area contributed by atoms with E-state index in [9.17, 15) is 0 Å². The predicted octanol–water partition coefficient (Wildman–Crippen LogP) is 3.96. The number of anilines is 1. The van der Waals surface area contributed by atoms with Crippen LogP contribution >= 0.6 is 15.9 Å². The molecule has 0 aliphatic heterocycles. The fourth-order valence-electron chi connectivity index (χ4n) is 2.62. The van der Waals surface area contributed by atoms with E-state index in [0.717, 1.165) is 29.1 Å². The first-order valence-electron chi connectivity index (χ1n) is 6.97. The number of aryl methyl sites for hydroxylation is 1. The SMILES string of the molecule is CCCc1nc(Br)cc(N(C)C2CCCCC2)n1. The summed E-state index contributed by atoms with van der Waals surface area (Å²) in [6.07, 6.45) is 8.71. The van der Waals surface area contributed by atoms with Crippen LogP contribution in [0.2, 0.25) is 0 Å². The van der Waals surface area contributed by atoms with Gasteiger partial charge in [-0.3, -0.25) is 0 Å². The highest BCUT2D eigenvalue weighted by molar-refractivity contribution is 9.10. The maximum atomic E-state index is 4.68. The molecule has 0 spiro atoms. The van der Waals surface area contributed by atoms with Gasteiger partial charge in [0.2, 0.25) is 0 Å². The second kappa shape index (κ2) is 6.50. The lowest BCUT2D eigenvalue weighted by atomic mass is 9.94. The van der Waals surface area contributed by atoms with Crippen molar-refractivity contribution in [3.05, 3.63) is 16.5 Å². The van der Waals surface area contributed by atoms with Gasteiger partial charge >= 0.3 is 0 Å². The van der Waals surface area contributed by atoms with Crippen LogP contribution in [0.15, 0.2) is 10.7 Å². The second-order valence-electron chi connectivity index (χ2n) is 5.12. The molecule has 0 amide bonds. The fourth-order valence-corrected chi connectivity index (χ4v) is 3.03. The first-order chi connectivity index (χ1) is 8.70. The van der Waals surface area contributed by atoms with Gasteiger partial charge in [-0.05, 0) is 35.2 Å². The summed E-state index contributed by atoms with van der Waals surface area (Å²) in [7, 11) is 2.17. The summed E-state index contributed by atoms with van der Waals surface area (Å²) < 4.78 is 0.901. The molecule has 3 nitrogen and oxygen atoms in total. The Balaban J connectivity index is 2.15. The van der Waals surface area contributed by atoms with Crippen molar-refractivity contribution in [3.63, 3.8) is 0 Å². The van der Waals surface area contributed by atoms with E-state index in [1.54, 1.807) is 0 Å². The Morgan fingerprint density at radius 2 is 2.00 bits per heavy atom. The van der Waals surface area contributed by atoms with Crippen LogP contribution in [0.5, 0.6) is 0 Å². The molecule has 0 saturated heterocycles. The highest BCUT2D eigenvalue weighted by atomic mass is 79.9. The third-order valence-corrected chi connectivity index (χ3v) is 4.09. The van der Waals surface area contributed by atoms with E-state index in [4.69, 9.17) is 0 Å². The van der Waals surface area contributed by atoms with Crippen LogP contribution in [0, 0.1) is 0 Å². The van der Waals surface area contributed by atoms with Gasteiger partial charge in [0.1, 0.15) is 16.2 Å². The number of hydrogen-bond donors (Lipinski definition) is 0. The van der Waals surface area contributed by atoms with Gasteiger partial charge < -0.3 is 4.90 Å². The maximum Gasteiger partial charge on any atom is 0.133 e. The summed E-state index contributed by atoms with van der Waals surface area (Å²) in [6, 6.07) is 2.68. The summed E-state index contributed by atoms with van der Waals surface area (Å²) in [5, 5.41) is 0. The van der Waals surface area contributed by atoms with E-state index in [0.29, 0.717) is 6.04 Å². The Morgan fingerprint density at radius 3 is 2.67 bits per heavy atom. The topological polar surface area (TPSA) is 29.0 Å². The van der Waals surface area contributed by atoms with Gasteiger partial charge in [-0.2, -0.15) is 0 Å². The Kier molecular flexibility index (Phi) is 4.98. The van der Waals surface area contributed by atoms with Gasteiger partial charge in [0.15, 0.2) is 0 Å². The van der Waals surface area contributed by atoms with Gasteiger partial charge in [0.05, 0.1) is 0 Å². The average Bonchev–Trinajstić information content (AvgIpc) is 2.38. The highest BCUT2D eigenvalue weighted by Crippen LogP contribution is 2.26. The molecular weight excluding hydrogens is 290 g/mol. The van der Waals surface area contributed by atoms with E-state index in [-0.39, 0.29) is 0 Å². The Labute approximate surface area is 118 Å². The molecule has 0 unspecified atom stereocenters. The van der Waals surface area contributed by atoms with Crippen LogP contribution < -0.4 is 4.90 Å². The molecule has 1 fully saturated rings. The zero-order chi connectivity index (χ0) is 13.0. The summed E-state index contributed by atoms with van der Waals surface area (Å²) >= 11 is 3.50. The minimum Gasteiger partial charge on any atom is -0.357 e. The zero-order valence-electron chi connectivity index (χ0n) is 11.3. The van der Waals surface area contributed by atoms with Crippen LogP contribution in [0.3, 0.4) is 0 Å². The van der Waals surface area contributed by atoms with Crippen LogP contribution in [0.25, 0.3) is 0 Å². The number of hydrogen-bond acceptors (Lipinski definition) is 3. The molecule has 0 aromatic carbocycles. The van der Waals surface area contributed by atoms with Crippen LogP contribution in [-0.4, -0.2) is 23.1 Å². The van der Waals surface area contributed by atoms with Crippen molar-refractivity contribution < 1.29 is 0 Å². The molecule has 0 atom stereocenters. The zero-order valence-corrected chi connectivity index (χ0v) is 12.9. The quantitative estimate of drug-likeness (QED) is 0.788. The fraction of sp³-hybridized carbons (Fsp3) is 0.714. The summed E-state index contributed by atoms with van der Waals surface area (Å²) in [5.74, 6) is 2.01. The molecule has 1 heterocycles. The summed E-state index contributed by atoms with van der Waals surface area (Å²) in [6.45, 7) is 2.16. The maximum absolute atomic E-state index is 4.68. The molecule has 1 aromatic rings. The third kappa shape index (κ3) is 3.44.